The molecule has 1 rings (SSSR count). The van der Waals surface area contributed by atoms with Gasteiger partial charge >= 0.3 is 5.97 Å². The van der Waals surface area contributed by atoms with Crippen LogP contribution in [0.25, 0.3) is 0 Å². The second-order valence-corrected chi connectivity index (χ2v) is 4.69. The average molecular weight is 312 g/mol. The SMILES string of the molecule is CCOC(=O)c1c(N)cc([N+](=O)[O-])cc1CCC(O)COC. The number of esters is 1. The molecule has 0 aliphatic heterocycles. The van der Waals surface area contributed by atoms with Crippen LogP contribution in [0.5, 0.6) is 0 Å². The Morgan fingerprint density at radius 3 is 2.73 bits per heavy atom. The van der Waals surface area contributed by atoms with Gasteiger partial charge in [0.2, 0.25) is 0 Å². The van der Waals surface area contributed by atoms with Crippen LogP contribution in [-0.4, -0.2) is 42.4 Å². The quantitative estimate of drug-likeness (QED) is 0.320. The number of non-ortho nitro benzene ring substituents is 1. The molecule has 0 bridgehead atoms. The summed E-state index contributed by atoms with van der Waals surface area (Å²) in [4.78, 5) is 22.3. The van der Waals surface area contributed by atoms with E-state index < -0.39 is 17.0 Å². The van der Waals surface area contributed by atoms with Crippen LogP contribution in [0.2, 0.25) is 0 Å². The van der Waals surface area contributed by atoms with Crippen LogP contribution in [0.3, 0.4) is 0 Å². The van der Waals surface area contributed by atoms with Crippen LogP contribution < -0.4 is 5.73 Å². The molecule has 0 heterocycles. The number of carbonyl (C=O) groups is 1. The van der Waals surface area contributed by atoms with Gasteiger partial charge in [-0.3, -0.25) is 10.1 Å². The van der Waals surface area contributed by atoms with Crippen molar-refractivity contribution in [3.63, 3.8) is 0 Å². The molecule has 0 aromatic heterocycles. The molecule has 0 aliphatic carbocycles. The summed E-state index contributed by atoms with van der Waals surface area (Å²) < 4.78 is 9.75. The summed E-state index contributed by atoms with van der Waals surface area (Å²) in [7, 11) is 1.46. The van der Waals surface area contributed by atoms with Gasteiger partial charge in [0.25, 0.3) is 5.69 Å². The van der Waals surface area contributed by atoms with Crippen LogP contribution >= 0.6 is 0 Å². The Labute approximate surface area is 128 Å². The van der Waals surface area contributed by atoms with Crippen molar-refractivity contribution in [1.82, 2.24) is 0 Å². The molecule has 0 spiro atoms. The highest BCUT2D eigenvalue weighted by Gasteiger charge is 2.21. The fraction of sp³-hybridized carbons (Fsp3) is 0.500. The van der Waals surface area contributed by atoms with Gasteiger partial charge < -0.3 is 20.3 Å². The minimum absolute atomic E-state index is 0.0103. The van der Waals surface area contributed by atoms with Gasteiger partial charge in [-0.25, -0.2) is 4.79 Å². The molecule has 1 unspecified atom stereocenters. The van der Waals surface area contributed by atoms with E-state index in [2.05, 4.69) is 0 Å². The van der Waals surface area contributed by atoms with Gasteiger partial charge in [-0.1, -0.05) is 0 Å². The first kappa shape index (κ1) is 17.9. The van der Waals surface area contributed by atoms with E-state index in [1.165, 1.54) is 13.2 Å². The van der Waals surface area contributed by atoms with Crippen molar-refractivity contribution in [2.45, 2.75) is 25.9 Å². The molecule has 3 N–H and O–H groups in total. The number of aliphatic hydroxyl groups excluding tert-OH is 1. The van der Waals surface area contributed by atoms with Crippen LogP contribution in [-0.2, 0) is 15.9 Å². The number of carbonyl (C=O) groups excluding carboxylic acids is 1. The van der Waals surface area contributed by atoms with Crippen molar-refractivity contribution in [2.24, 2.45) is 0 Å². The minimum atomic E-state index is -0.736. The van der Waals surface area contributed by atoms with Crippen LogP contribution in [0.4, 0.5) is 11.4 Å². The molecular formula is C14H20N2O6. The van der Waals surface area contributed by atoms with Gasteiger partial charge in [0.15, 0.2) is 0 Å². The van der Waals surface area contributed by atoms with E-state index in [0.29, 0.717) is 5.56 Å². The van der Waals surface area contributed by atoms with Gasteiger partial charge in [0.1, 0.15) is 0 Å². The van der Waals surface area contributed by atoms with Crippen molar-refractivity contribution in [3.8, 4) is 0 Å². The van der Waals surface area contributed by atoms with E-state index in [4.69, 9.17) is 15.2 Å². The summed E-state index contributed by atoms with van der Waals surface area (Å²) in [6.45, 7) is 1.96. The Morgan fingerprint density at radius 2 is 2.18 bits per heavy atom. The summed E-state index contributed by atoms with van der Waals surface area (Å²) in [6, 6.07) is 2.41. The van der Waals surface area contributed by atoms with E-state index >= 15 is 0 Å². The molecule has 0 fully saturated rings. The van der Waals surface area contributed by atoms with Gasteiger partial charge in [-0.05, 0) is 25.3 Å². The van der Waals surface area contributed by atoms with Crippen LogP contribution in [0, 0.1) is 10.1 Å². The average Bonchev–Trinajstić information content (AvgIpc) is 2.44. The number of hydrogen-bond donors (Lipinski definition) is 2. The number of nitro groups is 1. The van der Waals surface area contributed by atoms with E-state index in [0.717, 1.165) is 6.07 Å². The van der Waals surface area contributed by atoms with Crippen LogP contribution in [0.1, 0.15) is 29.3 Å². The molecule has 1 aromatic carbocycles. The molecule has 1 atom stereocenters. The van der Waals surface area contributed by atoms with Gasteiger partial charge in [0, 0.05) is 19.2 Å². The Morgan fingerprint density at radius 1 is 1.50 bits per heavy atom. The topological polar surface area (TPSA) is 125 Å². The third-order valence-electron chi connectivity index (χ3n) is 3.03. The number of anilines is 1. The molecule has 122 valence electrons. The molecule has 22 heavy (non-hydrogen) atoms. The first-order valence-corrected chi connectivity index (χ1v) is 6.81. The van der Waals surface area contributed by atoms with E-state index in [9.17, 15) is 20.0 Å². The predicted octanol–water partition coefficient (Wildman–Crippen LogP) is 1.29. The lowest BCUT2D eigenvalue weighted by molar-refractivity contribution is -0.384. The standard InChI is InChI=1S/C14H20N2O6/c1-3-22-14(18)13-9(4-5-11(17)8-21-2)6-10(16(19)20)7-12(13)15/h6-7,11,17H,3-5,8,15H2,1-2H3. The number of benzene rings is 1. The largest absolute Gasteiger partial charge is 0.462 e. The molecular weight excluding hydrogens is 292 g/mol. The number of hydrogen-bond acceptors (Lipinski definition) is 7. The number of nitro benzene ring substituents is 1. The maximum Gasteiger partial charge on any atom is 0.340 e. The fourth-order valence-electron chi connectivity index (χ4n) is 2.06. The number of nitrogen functional groups attached to an aromatic ring is 1. The van der Waals surface area contributed by atoms with Gasteiger partial charge in [-0.2, -0.15) is 0 Å². The number of nitrogens with zero attached hydrogens (tertiary/aromatic N) is 1. The van der Waals surface area contributed by atoms with E-state index in [1.54, 1.807) is 6.92 Å². The normalized spacial score (nSPS) is 12.0. The Bertz CT molecular complexity index is 546. The van der Waals surface area contributed by atoms with Crippen molar-refractivity contribution >= 4 is 17.3 Å². The monoisotopic (exact) mass is 312 g/mol. The summed E-state index contributed by atoms with van der Waals surface area (Å²) in [5.74, 6) is -0.633. The second kappa shape index (κ2) is 8.30. The molecule has 8 nitrogen and oxygen atoms in total. The highest BCUT2D eigenvalue weighted by molar-refractivity contribution is 5.97. The van der Waals surface area contributed by atoms with E-state index in [1.807, 2.05) is 0 Å². The molecule has 0 saturated carbocycles. The Balaban J connectivity index is 3.12. The number of rotatable bonds is 8. The summed E-state index contributed by atoms with van der Waals surface area (Å²) >= 11 is 0. The fourth-order valence-corrected chi connectivity index (χ4v) is 2.06. The zero-order valence-corrected chi connectivity index (χ0v) is 12.6. The zero-order valence-electron chi connectivity index (χ0n) is 12.6. The number of ether oxygens (including phenoxy) is 2. The maximum absolute atomic E-state index is 12.0. The van der Waals surface area contributed by atoms with Gasteiger partial charge in [-0.15, -0.1) is 0 Å². The molecule has 0 saturated heterocycles. The predicted molar refractivity (Wildman–Crippen MR) is 79.7 cm³/mol. The smallest absolute Gasteiger partial charge is 0.340 e. The highest BCUT2D eigenvalue weighted by atomic mass is 16.6. The third kappa shape index (κ3) is 4.68. The molecule has 0 radical (unpaired) electrons. The maximum atomic E-state index is 12.0. The molecule has 8 heteroatoms. The molecule has 1 aromatic rings. The number of nitrogens with two attached hydrogens (primary N) is 1. The minimum Gasteiger partial charge on any atom is -0.462 e. The molecule has 0 aliphatic rings. The number of methoxy groups -OCH3 is 1. The van der Waals surface area contributed by atoms with E-state index in [-0.39, 0.29) is 43.0 Å². The second-order valence-electron chi connectivity index (χ2n) is 4.69. The zero-order chi connectivity index (χ0) is 16.7. The van der Waals surface area contributed by atoms with Crippen molar-refractivity contribution in [1.29, 1.82) is 0 Å². The lowest BCUT2D eigenvalue weighted by atomic mass is 9.98. The van der Waals surface area contributed by atoms with Crippen molar-refractivity contribution < 1.29 is 24.3 Å². The van der Waals surface area contributed by atoms with Crippen molar-refractivity contribution in [2.75, 3.05) is 26.1 Å². The summed E-state index contributed by atoms with van der Waals surface area (Å²) in [5.41, 5.74) is 6.03. The summed E-state index contributed by atoms with van der Waals surface area (Å²) in [5, 5.41) is 20.6. The lowest BCUT2D eigenvalue weighted by Crippen LogP contribution is -2.17. The van der Waals surface area contributed by atoms with Crippen LogP contribution in [0.15, 0.2) is 12.1 Å². The number of aryl methyl sites for hydroxylation is 1. The first-order valence-electron chi connectivity index (χ1n) is 6.81. The van der Waals surface area contributed by atoms with Crippen molar-refractivity contribution in [3.05, 3.63) is 33.4 Å². The highest BCUT2D eigenvalue weighted by Crippen LogP contribution is 2.27. The lowest BCUT2D eigenvalue weighted by Gasteiger charge is -2.13. The van der Waals surface area contributed by atoms with Gasteiger partial charge in [0.05, 0.1) is 35.5 Å². The summed E-state index contributed by atoms with van der Waals surface area (Å²) in [6.07, 6.45) is -0.216. The molecule has 0 amide bonds. The Kier molecular flexibility index (Phi) is 6.74. The third-order valence-corrected chi connectivity index (χ3v) is 3.03. The number of aliphatic hydroxyl groups is 1. The Hall–Kier alpha value is -2.19. The first-order chi connectivity index (χ1) is 10.4.